The van der Waals surface area contributed by atoms with Gasteiger partial charge in [0.1, 0.15) is 5.82 Å². The molecule has 0 saturated carbocycles. The largest absolute Gasteiger partial charge is 0.505 e. The van der Waals surface area contributed by atoms with Gasteiger partial charge in [-0.15, -0.1) is 0 Å². The van der Waals surface area contributed by atoms with Gasteiger partial charge in [-0.2, -0.15) is 0 Å². The molecule has 3 aromatic rings. The third-order valence-electron chi connectivity index (χ3n) is 3.46. The molecule has 0 spiro atoms. The van der Waals surface area contributed by atoms with Gasteiger partial charge in [0.2, 0.25) is 0 Å². The zero-order chi connectivity index (χ0) is 16.4. The molecule has 0 fully saturated rings. The zero-order valence-electron chi connectivity index (χ0n) is 11.9. The van der Waals surface area contributed by atoms with Crippen LogP contribution >= 0.6 is 0 Å². The highest BCUT2D eigenvalue weighted by Crippen LogP contribution is 2.22. The van der Waals surface area contributed by atoms with Gasteiger partial charge in [0.05, 0.1) is 18.4 Å². The second kappa shape index (κ2) is 6.00. The molecule has 3 rings (SSSR count). The summed E-state index contributed by atoms with van der Waals surface area (Å²) in [7, 11) is 0. The molecule has 6 heteroatoms. The molecule has 1 N–H and O–H groups in total. The minimum atomic E-state index is -0.827. The van der Waals surface area contributed by atoms with Crippen molar-refractivity contribution >= 4 is 0 Å². The average Bonchev–Trinajstić information content (AvgIpc) is 2.54. The first kappa shape index (κ1) is 14.9. The van der Waals surface area contributed by atoms with E-state index in [2.05, 4.69) is 4.98 Å². The van der Waals surface area contributed by atoms with Crippen LogP contribution in [0.2, 0.25) is 0 Å². The van der Waals surface area contributed by atoms with Crippen molar-refractivity contribution in [2.24, 2.45) is 0 Å². The van der Waals surface area contributed by atoms with Crippen LogP contribution in [0.1, 0.15) is 5.56 Å². The van der Waals surface area contributed by atoms with E-state index in [1.54, 1.807) is 18.2 Å². The molecule has 23 heavy (non-hydrogen) atoms. The molecule has 0 unspecified atom stereocenters. The Kier molecular flexibility index (Phi) is 3.89. The van der Waals surface area contributed by atoms with Crippen LogP contribution in [0.4, 0.5) is 8.78 Å². The van der Waals surface area contributed by atoms with Gasteiger partial charge in [-0.05, 0) is 23.8 Å². The van der Waals surface area contributed by atoms with E-state index >= 15 is 0 Å². The number of hydrogen-bond acceptors (Lipinski definition) is 3. The highest BCUT2D eigenvalue weighted by atomic mass is 19.1. The van der Waals surface area contributed by atoms with E-state index in [0.29, 0.717) is 11.1 Å². The second-order valence-corrected chi connectivity index (χ2v) is 5.00. The highest BCUT2D eigenvalue weighted by Gasteiger charge is 2.11. The van der Waals surface area contributed by atoms with Crippen molar-refractivity contribution in [1.82, 2.24) is 9.55 Å². The fourth-order valence-corrected chi connectivity index (χ4v) is 2.25. The molecule has 4 nitrogen and oxygen atoms in total. The number of rotatable bonds is 3. The summed E-state index contributed by atoms with van der Waals surface area (Å²) < 4.78 is 28.4. The van der Waals surface area contributed by atoms with Crippen molar-refractivity contribution in [3.63, 3.8) is 0 Å². The Morgan fingerprint density at radius 1 is 1.09 bits per heavy atom. The van der Waals surface area contributed by atoms with Gasteiger partial charge in [0.15, 0.2) is 11.6 Å². The lowest BCUT2D eigenvalue weighted by Gasteiger charge is -2.09. The first-order valence-electron chi connectivity index (χ1n) is 6.83. The van der Waals surface area contributed by atoms with E-state index in [-0.39, 0.29) is 12.1 Å². The molecule has 0 amide bonds. The fourth-order valence-electron chi connectivity index (χ4n) is 2.25. The third kappa shape index (κ3) is 2.96. The van der Waals surface area contributed by atoms with Gasteiger partial charge in [0, 0.05) is 11.8 Å². The first-order chi connectivity index (χ1) is 11.1. The summed E-state index contributed by atoms with van der Waals surface area (Å²) in [6, 6.07) is 9.77. The summed E-state index contributed by atoms with van der Waals surface area (Å²) >= 11 is 0. The number of halogens is 2. The van der Waals surface area contributed by atoms with Crippen LogP contribution in [0.15, 0.2) is 59.8 Å². The number of aromatic hydroxyl groups is 1. The smallest absolute Gasteiger partial charge is 0.261 e. The van der Waals surface area contributed by atoms with Gasteiger partial charge < -0.3 is 5.11 Å². The molecule has 0 aliphatic heterocycles. The molecular weight excluding hydrogens is 302 g/mol. The SMILES string of the molecule is O=c1c(-c2ccc(O)c(F)c2)cncn1Cc1ccccc1F. The standard InChI is InChI=1S/C17H12F2N2O2/c18-14-4-2-1-3-12(14)9-21-10-20-8-13(17(21)23)11-5-6-16(22)15(19)7-11/h1-8,10,22H,9H2. The number of phenolic OH excluding ortho intramolecular Hbond substituents is 1. The quantitative estimate of drug-likeness (QED) is 0.808. The molecule has 0 atom stereocenters. The maximum absolute atomic E-state index is 13.7. The lowest BCUT2D eigenvalue weighted by molar-refractivity contribution is 0.432. The summed E-state index contributed by atoms with van der Waals surface area (Å²) in [6.07, 6.45) is 2.61. The Bertz CT molecular complexity index is 922. The van der Waals surface area contributed by atoms with Crippen molar-refractivity contribution in [3.05, 3.63) is 82.5 Å². The zero-order valence-corrected chi connectivity index (χ0v) is 11.9. The molecule has 0 radical (unpaired) electrons. The molecule has 2 aromatic carbocycles. The number of benzene rings is 2. The molecule has 0 aliphatic carbocycles. The Balaban J connectivity index is 2.03. The Labute approximate surface area is 130 Å². The summed E-state index contributed by atoms with van der Waals surface area (Å²) in [5, 5.41) is 9.22. The minimum Gasteiger partial charge on any atom is -0.505 e. The van der Waals surface area contributed by atoms with Crippen molar-refractivity contribution in [2.45, 2.75) is 6.54 Å². The van der Waals surface area contributed by atoms with Crippen molar-refractivity contribution in [3.8, 4) is 16.9 Å². The van der Waals surface area contributed by atoms with Crippen molar-refractivity contribution < 1.29 is 13.9 Å². The number of nitrogens with zero attached hydrogens (tertiary/aromatic N) is 2. The van der Waals surface area contributed by atoms with Crippen LogP contribution in [-0.4, -0.2) is 14.7 Å². The number of phenols is 1. The van der Waals surface area contributed by atoms with Gasteiger partial charge >= 0.3 is 0 Å². The summed E-state index contributed by atoms with van der Waals surface area (Å²) in [6.45, 7) is 0.0207. The van der Waals surface area contributed by atoms with Crippen molar-refractivity contribution in [1.29, 1.82) is 0 Å². The maximum atomic E-state index is 13.7. The minimum absolute atomic E-state index is 0.0207. The normalized spacial score (nSPS) is 10.7. The van der Waals surface area contributed by atoms with E-state index in [0.717, 1.165) is 12.1 Å². The summed E-state index contributed by atoms with van der Waals surface area (Å²) in [5.41, 5.74) is 0.391. The molecule has 0 bridgehead atoms. The van der Waals surface area contributed by atoms with Crippen LogP contribution in [-0.2, 0) is 6.54 Å². The third-order valence-corrected chi connectivity index (χ3v) is 3.46. The summed E-state index contributed by atoms with van der Waals surface area (Å²) in [5.74, 6) is -1.74. The topological polar surface area (TPSA) is 55.1 Å². The van der Waals surface area contributed by atoms with E-state index in [4.69, 9.17) is 0 Å². The predicted octanol–water partition coefficient (Wildman–Crippen LogP) is 2.94. The second-order valence-electron chi connectivity index (χ2n) is 5.00. The molecule has 0 aliphatic rings. The van der Waals surface area contributed by atoms with Crippen LogP contribution in [0.25, 0.3) is 11.1 Å². The van der Waals surface area contributed by atoms with Gasteiger partial charge in [0.25, 0.3) is 5.56 Å². The molecule has 1 aromatic heterocycles. The van der Waals surface area contributed by atoms with E-state index in [1.807, 2.05) is 0 Å². The van der Waals surface area contributed by atoms with Gasteiger partial charge in [-0.3, -0.25) is 9.36 Å². The Morgan fingerprint density at radius 2 is 1.87 bits per heavy atom. The fraction of sp³-hybridized carbons (Fsp3) is 0.0588. The van der Waals surface area contributed by atoms with Gasteiger partial charge in [-0.1, -0.05) is 24.3 Å². The predicted molar refractivity (Wildman–Crippen MR) is 81.1 cm³/mol. The molecule has 116 valence electrons. The van der Waals surface area contributed by atoms with Crippen LogP contribution in [0.5, 0.6) is 5.75 Å². The van der Waals surface area contributed by atoms with Crippen molar-refractivity contribution in [2.75, 3.05) is 0 Å². The Morgan fingerprint density at radius 3 is 2.61 bits per heavy atom. The lowest BCUT2D eigenvalue weighted by Crippen LogP contribution is -2.22. The summed E-state index contributed by atoms with van der Waals surface area (Å²) in [4.78, 5) is 16.5. The molecule has 1 heterocycles. The van der Waals surface area contributed by atoms with E-state index < -0.39 is 22.9 Å². The Hall–Kier alpha value is -3.02. The molecular formula is C17H12F2N2O2. The highest BCUT2D eigenvalue weighted by molar-refractivity contribution is 5.62. The monoisotopic (exact) mass is 314 g/mol. The van der Waals surface area contributed by atoms with E-state index in [9.17, 15) is 18.7 Å². The van der Waals surface area contributed by atoms with Crippen LogP contribution < -0.4 is 5.56 Å². The lowest BCUT2D eigenvalue weighted by atomic mass is 10.1. The number of hydrogen-bond donors (Lipinski definition) is 1. The van der Waals surface area contributed by atoms with E-state index in [1.165, 1.54) is 29.2 Å². The van der Waals surface area contributed by atoms with Crippen LogP contribution in [0.3, 0.4) is 0 Å². The number of aromatic nitrogens is 2. The van der Waals surface area contributed by atoms with Gasteiger partial charge in [-0.25, -0.2) is 13.8 Å². The average molecular weight is 314 g/mol. The first-order valence-corrected chi connectivity index (χ1v) is 6.83. The van der Waals surface area contributed by atoms with Crippen LogP contribution in [0, 0.1) is 11.6 Å². The molecule has 0 saturated heterocycles. The maximum Gasteiger partial charge on any atom is 0.261 e.